The number of amides is 1. The van der Waals surface area contributed by atoms with Crippen molar-refractivity contribution >= 4 is 55.6 Å². The SMILES string of the molecule is CN(C)c1ccc(N=Nc2nc3ccccc3s2)c(NC(=O)CCC(=O)On2c(O)ccc2O)c1. The molecule has 3 N–H and O–H groups in total. The maximum absolute atomic E-state index is 12.6. The number of aromatic nitrogens is 2. The van der Waals surface area contributed by atoms with E-state index >= 15 is 0 Å². The predicted molar refractivity (Wildman–Crippen MR) is 132 cm³/mol. The molecule has 0 saturated carbocycles. The Hall–Kier alpha value is -4.45. The van der Waals surface area contributed by atoms with E-state index in [2.05, 4.69) is 20.5 Å². The molecule has 35 heavy (non-hydrogen) atoms. The average molecular weight is 495 g/mol. The Kier molecular flexibility index (Phi) is 6.92. The smallest absolute Gasteiger partial charge is 0.333 e. The molecule has 4 aromatic rings. The number of fused-ring (bicyclic) bond motifs is 1. The summed E-state index contributed by atoms with van der Waals surface area (Å²) in [7, 11) is 3.73. The molecule has 0 unspecified atom stereocenters. The van der Waals surface area contributed by atoms with Gasteiger partial charge in [0.25, 0.3) is 0 Å². The molecule has 11 nitrogen and oxygen atoms in total. The van der Waals surface area contributed by atoms with Crippen molar-refractivity contribution in [3.63, 3.8) is 0 Å². The molecule has 0 aliphatic heterocycles. The third kappa shape index (κ3) is 5.73. The summed E-state index contributed by atoms with van der Waals surface area (Å²) in [5.74, 6) is -2.14. The van der Waals surface area contributed by atoms with Crippen LogP contribution in [0.5, 0.6) is 11.8 Å². The third-order valence-electron chi connectivity index (χ3n) is 4.84. The number of anilines is 2. The minimum absolute atomic E-state index is 0.192. The molecule has 2 aromatic heterocycles. The van der Waals surface area contributed by atoms with Crippen LogP contribution in [0.4, 0.5) is 22.2 Å². The molecule has 0 atom stereocenters. The van der Waals surface area contributed by atoms with E-state index in [4.69, 9.17) is 4.84 Å². The van der Waals surface area contributed by atoms with Crippen LogP contribution in [-0.2, 0) is 9.59 Å². The fourth-order valence-corrected chi connectivity index (χ4v) is 3.85. The molecule has 0 aliphatic carbocycles. The van der Waals surface area contributed by atoms with Crippen LogP contribution in [0, 0.1) is 0 Å². The zero-order valence-corrected chi connectivity index (χ0v) is 19.7. The molecule has 0 aliphatic rings. The normalized spacial score (nSPS) is 11.1. The van der Waals surface area contributed by atoms with Gasteiger partial charge in [-0.3, -0.25) is 4.79 Å². The molecule has 0 radical (unpaired) electrons. The second-order valence-corrected chi connectivity index (χ2v) is 8.62. The van der Waals surface area contributed by atoms with Crippen molar-refractivity contribution in [2.45, 2.75) is 12.8 Å². The molecule has 1 amide bonds. The van der Waals surface area contributed by atoms with Crippen molar-refractivity contribution < 1.29 is 24.6 Å². The monoisotopic (exact) mass is 494 g/mol. The van der Waals surface area contributed by atoms with E-state index in [0.29, 0.717) is 21.2 Å². The average Bonchev–Trinajstić information content (AvgIpc) is 3.39. The fraction of sp³-hybridized carbons (Fsp3) is 0.174. The summed E-state index contributed by atoms with van der Waals surface area (Å²) in [5, 5.41) is 30.8. The van der Waals surface area contributed by atoms with E-state index in [0.717, 1.165) is 28.0 Å². The summed E-state index contributed by atoms with van der Waals surface area (Å²) in [4.78, 5) is 35.7. The Morgan fingerprint density at radius 1 is 1.06 bits per heavy atom. The molecule has 2 heterocycles. The van der Waals surface area contributed by atoms with E-state index in [9.17, 15) is 19.8 Å². The van der Waals surface area contributed by atoms with Crippen molar-refractivity contribution in [1.82, 2.24) is 9.71 Å². The number of aromatic hydroxyl groups is 2. The number of benzene rings is 2. The minimum Gasteiger partial charge on any atom is -0.492 e. The van der Waals surface area contributed by atoms with Gasteiger partial charge in [0.1, 0.15) is 5.69 Å². The highest BCUT2D eigenvalue weighted by Crippen LogP contribution is 2.33. The second-order valence-electron chi connectivity index (χ2n) is 7.62. The molecule has 0 saturated heterocycles. The Balaban J connectivity index is 1.45. The van der Waals surface area contributed by atoms with Gasteiger partial charge in [0, 0.05) is 38.3 Å². The summed E-state index contributed by atoms with van der Waals surface area (Å²) in [6.45, 7) is 0. The van der Waals surface area contributed by atoms with Crippen LogP contribution in [0.2, 0.25) is 0 Å². The van der Waals surface area contributed by atoms with E-state index in [1.807, 2.05) is 49.3 Å². The first-order valence-electron chi connectivity index (χ1n) is 10.5. The summed E-state index contributed by atoms with van der Waals surface area (Å²) in [5.41, 5.74) is 2.50. The number of azo groups is 1. The van der Waals surface area contributed by atoms with Gasteiger partial charge in [-0.05, 0) is 30.3 Å². The highest BCUT2D eigenvalue weighted by molar-refractivity contribution is 7.21. The first-order chi connectivity index (χ1) is 16.8. The number of hydrogen-bond acceptors (Lipinski definition) is 10. The lowest BCUT2D eigenvalue weighted by Crippen LogP contribution is -2.21. The first-order valence-corrected chi connectivity index (χ1v) is 11.3. The summed E-state index contributed by atoms with van der Waals surface area (Å²) in [6.07, 6.45) is -0.471. The van der Waals surface area contributed by atoms with Gasteiger partial charge >= 0.3 is 5.97 Å². The Morgan fingerprint density at radius 3 is 2.51 bits per heavy atom. The Labute approximate surface area is 203 Å². The molecular formula is C23H22N6O5S. The van der Waals surface area contributed by atoms with Crippen molar-refractivity contribution in [3.05, 3.63) is 54.6 Å². The van der Waals surface area contributed by atoms with Gasteiger partial charge in [-0.1, -0.05) is 23.5 Å². The van der Waals surface area contributed by atoms with Crippen LogP contribution in [-0.4, -0.2) is 45.9 Å². The number of nitrogens with zero attached hydrogens (tertiary/aromatic N) is 5. The lowest BCUT2D eigenvalue weighted by Gasteiger charge is -2.15. The van der Waals surface area contributed by atoms with Gasteiger partial charge in [-0.25, -0.2) is 9.78 Å². The van der Waals surface area contributed by atoms with Gasteiger partial charge in [0.2, 0.25) is 22.8 Å². The molecule has 2 aromatic carbocycles. The maximum atomic E-state index is 12.6. The van der Waals surface area contributed by atoms with Gasteiger partial charge in [-0.15, -0.1) is 15.0 Å². The number of rotatable bonds is 8. The van der Waals surface area contributed by atoms with Gasteiger partial charge < -0.3 is 25.3 Å². The fourth-order valence-electron chi connectivity index (χ4n) is 3.06. The van der Waals surface area contributed by atoms with Crippen molar-refractivity contribution in [2.24, 2.45) is 10.2 Å². The number of para-hydroxylation sites is 1. The van der Waals surface area contributed by atoms with Crippen molar-refractivity contribution in [2.75, 3.05) is 24.3 Å². The topological polar surface area (TPSA) is 142 Å². The van der Waals surface area contributed by atoms with Crippen LogP contribution in [0.15, 0.2) is 64.8 Å². The molecule has 12 heteroatoms. The first kappa shape index (κ1) is 23.7. The van der Waals surface area contributed by atoms with Crippen LogP contribution in [0.1, 0.15) is 12.8 Å². The number of nitrogens with one attached hydrogen (secondary N) is 1. The zero-order chi connectivity index (χ0) is 24.9. The van der Waals surface area contributed by atoms with Crippen molar-refractivity contribution in [1.29, 1.82) is 0 Å². The lowest BCUT2D eigenvalue weighted by atomic mass is 10.2. The third-order valence-corrected chi connectivity index (χ3v) is 5.76. The van der Waals surface area contributed by atoms with Crippen LogP contribution in [0.3, 0.4) is 0 Å². The quantitative estimate of drug-likeness (QED) is 0.309. The second kappa shape index (κ2) is 10.2. The van der Waals surface area contributed by atoms with E-state index < -0.39 is 23.6 Å². The van der Waals surface area contributed by atoms with Crippen LogP contribution < -0.4 is 15.1 Å². The van der Waals surface area contributed by atoms with Gasteiger partial charge in [-0.2, -0.15) is 0 Å². The largest absolute Gasteiger partial charge is 0.492 e. The number of hydrogen-bond donors (Lipinski definition) is 3. The summed E-state index contributed by atoms with van der Waals surface area (Å²) in [6, 6.07) is 15.3. The number of thiazole rings is 1. The standard InChI is InChI=1S/C23H22N6O5S/c1-28(2)14-7-8-15(26-27-23-25-16-5-3-4-6-18(16)35-23)17(13-14)24-19(30)9-12-22(33)34-29-20(31)10-11-21(29)32/h3-8,10-11,13,31-32H,9,12H2,1-2H3,(H,24,30). The Morgan fingerprint density at radius 2 is 1.80 bits per heavy atom. The lowest BCUT2D eigenvalue weighted by molar-refractivity contribution is -0.146. The van der Waals surface area contributed by atoms with E-state index in [1.165, 1.54) is 11.3 Å². The highest BCUT2D eigenvalue weighted by atomic mass is 32.1. The highest BCUT2D eigenvalue weighted by Gasteiger charge is 2.15. The van der Waals surface area contributed by atoms with E-state index in [1.54, 1.807) is 12.1 Å². The zero-order valence-electron chi connectivity index (χ0n) is 18.9. The molecular weight excluding hydrogens is 472 g/mol. The molecule has 0 bridgehead atoms. The Bertz CT molecular complexity index is 1360. The minimum atomic E-state index is -0.806. The van der Waals surface area contributed by atoms with E-state index in [-0.39, 0.29) is 12.8 Å². The molecule has 4 rings (SSSR count). The van der Waals surface area contributed by atoms with Gasteiger partial charge in [0.15, 0.2) is 0 Å². The maximum Gasteiger partial charge on any atom is 0.333 e. The van der Waals surface area contributed by atoms with Crippen LogP contribution >= 0.6 is 11.3 Å². The predicted octanol–water partition coefficient (Wildman–Crippen LogP) is 4.36. The number of carbonyl (C=O) groups is 2. The summed E-state index contributed by atoms with van der Waals surface area (Å²) < 4.78 is 1.56. The number of carbonyl (C=O) groups excluding carboxylic acids is 2. The molecule has 0 fully saturated rings. The van der Waals surface area contributed by atoms with Crippen molar-refractivity contribution in [3.8, 4) is 11.8 Å². The molecule has 180 valence electrons. The summed E-state index contributed by atoms with van der Waals surface area (Å²) >= 11 is 1.40. The molecule has 0 spiro atoms. The van der Waals surface area contributed by atoms with Crippen LogP contribution in [0.25, 0.3) is 10.2 Å². The van der Waals surface area contributed by atoms with Gasteiger partial charge in [0.05, 0.1) is 22.3 Å².